The van der Waals surface area contributed by atoms with Crippen molar-refractivity contribution >= 4 is 60.5 Å². The second-order valence-electron chi connectivity index (χ2n) is 5.17. The van der Waals surface area contributed by atoms with Crippen molar-refractivity contribution < 1.29 is 17.3 Å². The fourth-order valence-electron chi connectivity index (χ4n) is 2.15. The van der Waals surface area contributed by atoms with E-state index in [1.165, 1.54) is 23.5 Å². The van der Waals surface area contributed by atoms with Gasteiger partial charge in [0.05, 0.1) is 10.7 Å². The Morgan fingerprint density at radius 2 is 2.08 bits per heavy atom. The van der Waals surface area contributed by atoms with E-state index in [0.29, 0.717) is 15.4 Å². The van der Waals surface area contributed by atoms with E-state index < -0.39 is 28.4 Å². The SMILES string of the molecule is [2H]C([2H])([2H])NC(=O)c1nnc(Cl)cc1Nc1nc2sc(C)nc2cc1S(C)(=O)=O. The zero-order valence-electron chi connectivity index (χ0n) is 16.4. The van der Waals surface area contributed by atoms with Crippen LogP contribution in [0.25, 0.3) is 10.3 Å². The van der Waals surface area contributed by atoms with Crippen molar-refractivity contribution in [1.82, 2.24) is 25.5 Å². The van der Waals surface area contributed by atoms with Gasteiger partial charge in [-0.3, -0.25) is 4.79 Å². The number of aryl methyl sites for hydroxylation is 1. The molecule has 0 saturated carbocycles. The summed E-state index contributed by atoms with van der Waals surface area (Å²) >= 11 is 7.10. The number of nitrogens with one attached hydrogen (secondary N) is 2. The number of carbonyl (C=O) groups excluding carboxylic acids is 1. The molecule has 0 spiro atoms. The fourth-order valence-corrected chi connectivity index (χ4v) is 3.84. The highest BCUT2D eigenvalue weighted by molar-refractivity contribution is 7.90. The molecule has 0 aliphatic rings. The van der Waals surface area contributed by atoms with Crippen LogP contribution in [0.3, 0.4) is 0 Å². The molecule has 136 valence electrons. The Labute approximate surface area is 162 Å². The number of rotatable bonds is 4. The summed E-state index contributed by atoms with van der Waals surface area (Å²) in [6.45, 7) is -1.01. The van der Waals surface area contributed by atoms with Gasteiger partial charge >= 0.3 is 0 Å². The molecule has 3 rings (SSSR count). The molecule has 0 aromatic carbocycles. The van der Waals surface area contributed by atoms with Crippen molar-refractivity contribution in [3.8, 4) is 0 Å². The Balaban J connectivity index is 2.13. The summed E-state index contributed by atoms with van der Waals surface area (Å²) in [5.41, 5.74) is -0.0539. The van der Waals surface area contributed by atoms with Crippen molar-refractivity contribution in [2.24, 2.45) is 0 Å². The zero-order chi connectivity index (χ0) is 21.6. The molecular formula is C14H13ClN6O3S2. The van der Waals surface area contributed by atoms with Crippen LogP contribution in [-0.2, 0) is 9.84 Å². The van der Waals surface area contributed by atoms with E-state index in [0.717, 1.165) is 6.26 Å². The van der Waals surface area contributed by atoms with Crippen LogP contribution in [0.5, 0.6) is 0 Å². The number of anilines is 2. The van der Waals surface area contributed by atoms with Crippen LogP contribution in [0.4, 0.5) is 11.5 Å². The number of thiazole rings is 1. The normalized spacial score (nSPS) is 13.7. The molecule has 0 aliphatic carbocycles. The first-order valence-corrected chi connectivity index (χ1v) is 10.0. The largest absolute Gasteiger partial charge is 0.354 e. The Kier molecular flexibility index (Phi) is 3.83. The maximum atomic E-state index is 12.3. The van der Waals surface area contributed by atoms with Gasteiger partial charge < -0.3 is 10.6 Å². The van der Waals surface area contributed by atoms with Gasteiger partial charge in [0, 0.05) is 23.4 Å². The molecule has 0 fully saturated rings. The standard InChI is InChI=1S/C14H13ClN6O3S2/c1-6-17-8-4-9(26(3,23)24)12(19-14(8)25-6)18-7-5-10(15)20-21-11(7)13(22)16-2/h4-5H,1-3H3,(H,16,22)(H,18,19,20)/i2D3. The third-order valence-electron chi connectivity index (χ3n) is 3.20. The lowest BCUT2D eigenvalue weighted by atomic mass is 10.3. The molecule has 0 atom stereocenters. The van der Waals surface area contributed by atoms with Gasteiger partial charge in [0.2, 0.25) is 0 Å². The van der Waals surface area contributed by atoms with Crippen molar-refractivity contribution in [3.63, 3.8) is 0 Å². The second kappa shape index (κ2) is 6.74. The topological polar surface area (TPSA) is 127 Å². The lowest BCUT2D eigenvalue weighted by Crippen LogP contribution is -2.21. The minimum atomic E-state index is -3.73. The van der Waals surface area contributed by atoms with Crippen LogP contribution in [0.15, 0.2) is 17.0 Å². The Morgan fingerprint density at radius 1 is 1.31 bits per heavy atom. The lowest BCUT2D eigenvalue weighted by Gasteiger charge is -2.12. The quantitative estimate of drug-likeness (QED) is 0.661. The summed E-state index contributed by atoms with van der Waals surface area (Å²) in [4.78, 5) is 21.1. The van der Waals surface area contributed by atoms with E-state index in [9.17, 15) is 13.2 Å². The number of carbonyl (C=O) groups is 1. The van der Waals surface area contributed by atoms with Crippen molar-refractivity contribution in [1.29, 1.82) is 0 Å². The Bertz CT molecular complexity index is 1230. The van der Waals surface area contributed by atoms with E-state index in [4.69, 9.17) is 15.7 Å². The van der Waals surface area contributed by atoms with Gasteiger partial charge in [-0.15, -0.1) is 10.2 Å². The molecule has 12 heteroatoms. The number of amides is 1. The third kappa shape index (κ3) is 3.59. The summed E-state index contributed by atoms with van der Waals surface area (Å²) < 4.78 is 46.0. The highest BCUT2D eigenvalue weighted by Crippen LogP contribution is 2.30. The number of nitrogens with zero attached hydrogens (tertiary/aromatic N) is 4. The molecule has 0 unspecified atom stereocenters. The van der Waals surface area contributed by atoms with Crippen LogP contribution >= 0.6 is 22.9 Å². The summed E-state index contributed by atoms with van der Waals surface area (Å²) in [7, 11) is -3.73. The lowest BCUT2D eigenvalue weighted by molar-refractivity contribution is 0.0958. The smallest absolute Gasteiger partial charge is 0.273 e. The fraction of sp³-hybridized carbons (Fsp3) is 0.214. The predicted octanol–water partition coefficient (Wildman–Crippen LogP) is 1.95. The molecule has 9 nitrogen and oxygen atoms in total. The number of hydrogen-bond donors (Lipinski definition) is 2. The van der Waals surface area contributed by atoms with Gasteiger partial charge in [-0.1, -0.05) is 22.9 Å². The summed E-state index contributed by atoms with van der Waals surface area (Å²) in [6, 6.07) is 2.57. The number of aromatic nitrogens is 4. The van der Waals surface area contributed by atoms with E-state index in [1.807, 2.05) is 0 Å². The number of halogens is 1. The van der Waals surface area contributed by atoms with Gasteiger partial charge in [-0.05, 0) is 13.0 Å². The summed E-state index contributed by atoms with van der Waals surface area (Å²) in [6.07, 6.45) is 1.00. The average Bonchev–Trinajstić information content (AvgIpc) is 2.90. The van der Waals surface area contributed by atoms with Crippen LogP contribution in [0.1, 0.15) is 19.6 Å². The minimum Gasteiger partial charge on any atom is -0.354 e. The molecule has 0 saturated heterocycles. The molecule has 3 aromatic heterocycles. The molecule has 0 bridgehead atoms. The average molecular weight is 416 g/mol. The minimum absolute atomic E-state index is 0.0651. The van der Waals surface area contributed by atoms with Crippen molar-refractivity contribution in [2.45, 2.75) is 11.8 Å². The molecule has 0 radical (unpaired) electrons. The maximum Gasteiger partial charge on any atom is 0.273 e. The number of hydrogen-bond acceptors (Lipinski definition) is 9. The van der Waals surface area contributed by atoms with Gasteiger partial charge in [-0.25, -0.2) is 18.4 Å². The van der Waals surface area contributed by atoms with Crippen LogP contribution in [-0.4, -0.2) is 47.7 Å². The van der Waals surface area contributed by atoms with Crippen LogP contribution in [0.2, 0.25) is 5.15 Å². The van der Waals surface area contributed by atoms with E-state index in [-0.39, 0.29) is 21.6 Å². The molecule has 3 aromatic rings. The molecule has 2 N–H and O–H groups in total. The zero-order valence-corrected chi connectivity index (χ0v) is 15.8. The number of pyridine rings is 1. The molecule has 0 aliphatic heterocycles. The number of fused-ring (bicyclic) bond motifs is 1. The summed E-state index contributed by atoms with van der Waals surface area (Å²) in [5.74, 6) is -1.14. The van der Waals surface area contributed by atoms with Crippen LogP contribution in [0, 0.1) is 6.92 Å². The summed E-state index contributed by atoms with van der Waals surface area (Å²) in [5, 5.41) is 12.3. The van der Waals surface area contributed by atoms with Crippen LogP contribution < -0.4 is 10.6 Å². The maximum absolute atomic E-state index is 12.3. The Hall–Kier alpha value is -2.37. The van der Waals surface area contributed by atoms with Gasteiger partial charge in [-0.2, -0.15) is 0 Å². The molecule has 3 heterocycles. The molecule has 1 amide bonds. The van der Waals surface area contributed by atoms with Gasteiger partial charge in [0.25, 0.3) is 5.91 Å². The van der Waals surface area contributed by atoms with Gasteiger partial charge in [0.1, 0.15) is 15.2 Å². The van der Waals surface area contributed by atoms with Crippen molar-refractivity contribution in [3.05, 3.63) is 28.0 Å². The first-order valence-electron chi connectivity index (χ1n) is 8.44. The Morgan fingerprint density at radius 3 is 2.77 bits per heavy atom. The molecule has 26 heavy (non-hydrogen) atoms. The monoisotopic (exact) mass is 415 g/mol. The number of sulfone groups is 1. The van der Waals surface area contributed by atoms with Crippen molar-refractivity contribution in [2.75, 3.05) is 18.5 Å². The first kappa shape index (κ1) is 14.8. The second-order valence-corrected chi connectivity index (χ2v) is 8.73. The predicted molar refractivity (Wildman–Crippen MR) is 99.0 cm³/mol. The van der Waals surface area contributed by atoms with Gasteiger partial charge in [0.15, 0.2) is 26.5 Å². The first-order chi connectivity index (χ1) is 13.3. The van der Waals surface area contributed by atoms with E-state index in [1.54, 1.807) is 12.2 Å². The highest BCUT2D eigenvalue weighted by Gasteiger charge is 2.21. The van der Waals surface area contributed by atoms with E-state index in [2.05, 4.69) is 25.5 Å². The molecular weight excluding hydrogens is 400 g/mol. The third-order valence-corrected chi connectivity index (χ3v) is 5.38. The highest BCUT2D eigenvalue weighted by atomic mass is 35.5. The van der Waals surface area contributed by atoms with E-state index >= 15 is 0 Å².